The van der Waals surface area contributed by atoms with E-state index in [1.165, 1.54) is 11.3 Å². The minimum Gasteiger partial charge on any atom is -0.475 e. The van der Waals surface area contributed by atoms with Gasteiger partial charge in [0.2, 0.25) is 5.78 Å². The van der Waals surface area contributed by atoms with Gasteiger partial charge < -0.3 is 5.11 Å². The summed E-state index contributed by atoms with van der Waals surface area (Å²) in [7, 11) is 0. The minimum absolute atomic E-state index is 0.369. The Morgan fingerprint density at radius 2 is 2.05 bits per heavy atom. The average molecular weight is 275 g/mol. The highest BCUT2D eigenvalue weighted by Crippen LogP contribution is 2.25. The number of pyridine rings is 1. The molecule has 0 spiro atoms. The standard InChI is InChI=1S/C13H9NO4S/c15-10(5-11(16)13(17)18)12-4-9(7-19-12)8-2-1-3-14-6-8/h1-4,6-7H,5H2,(H,17,18). The lowest BCUT2D eigenvalue weighted by Crippen LogP contribution is -2.16. The van der Waals surface area contributed by atoms with Crippen molar-refractivity contribution in [2.45, 2.75) is 6.42 Å². The van der Waals surface area contributed by atoms with Gasteiger partial charge in [-0.25, -0.2) is 4.79 Å². The first kappa shape index (κ1) is 13.1. The van der Waals surface area contributed by atoms with E-state index in [0.29, 0.717) is 4.88 Å². The topological polar surface area (TPSA) is 84.3 Å². The Morgan fingerprint density at radius 3 is 2.68 bits per heavy atom. The fraction of sp³-hybridized carbons (Fsp3) is 0.0769. The summed E-state index contributed by atoms with van der Waals surface area (Å²) in [6, 6.07) is 5.27. The molecule has 6 heteroatoms. The van der Waals surface area contributed by atoms with Gasteiger partial charge in [-0.05, 0) is 23.1 Å². The van der Waals surface area contributed by atoms with Crippen molar-refractivity contribution < 1.29 is 19.5 Å². The van der Waals surface area contributed by atoms with Crippen molar-refractivity contribution in [3.63, 3.8) is 0 Å². The molecule has 0 atom stereocenters. The summed E-state index contributed by atoms with van der Waals surface area (Å²) in [4.78, 5) is 37.4. The normalized spacial score (nSPS) is 10.1. The molecule has 2 heterocycles. The summed E-state index contributed by atoms with van der Waals surface area (Å²) < 4.78 is 0. The smallest absolute Gasteiger partial charge is 0.372 e. The molecule has 2 aromatic rings. The average Bonchev–Trinajstić information content (AvgIpc) is 2.89. The van der Waals surface area contributed by atoms with Gasteiger partial charge in [-0.1, -0.05) is 6.07 Å². The molecule has 0 aromatic carbocycles. The second kappa shape index (κ2) is 5.53. The van der Waals surface area contributed by atoms with Gasteiger partial charge >= 0.3 is 5.97 Å². The predicted octanol–water partition coefficient (Wildman–Crippen LogP) is 2.04. The van der Waals surface area contributed by atoms with E-state index in [9.17, 15) is 14.4 Å². The number of carboxylic acid groups (broad SMARTS) is 1. The zero-order valence-corrected chi connectivity index (χ0v) is 10.5. The van der Waals surface area contributed by atoms with Crippen molar-refractivity contribution in [3.05, 3.63) is 40.8 Å². The molecule has 0 amide bonds. The van der Waals surface area contributed by atoms with Gasteiger partial charge in [0.1, 0.15) is 0 Å². The lowest BCUT2D eigenvalue weighted by Gasteiger charge is -1.95. The van der Waals surface area contributed by atoms with Gasteiger partial charge in [-0.15, -0.1) is 11.3 Å². The van der Waals surface area contributed by atoms with Gasteiger partial charge in [0.15, 0.2) is 5.78 Å². The largest absolute Gasteiger partial charge is 0.475 e. The molecule has 0 unspecified atom stereocenters. The van der Waals surface area contributed by atoms with Crippen LogP contribution in [0.4, 0.5) is 0 Å². The highest BCUT2D eigenvalue weighted by atomic mass is 32.1. The molecule has 0 fully saturated rings. The van der Waals surface area contributed by atoms with Gasteiger partial charge in [0, 0.05) is 18.0 Å². The highest BCUT2D eigenvalue weighted by Gasteiger charge is 2.19. The first-order valence-corrected chi connectivity index (χ1v) is 6.24. The number of nitrogens with zero attached hydrogens (tertiary/aromatic N) is 1. The molecule has 5 nitrogen and oxygen atoms in total. The Bertz CT molecular complexity index is 633. The number of ketones is 2. The molecule has 0 saturated heterocycles. The molecule has 2 rings (SSSR count). The lowest BCUT2D eigenvalue weighted by atomic mass is 10.1. The van der Waals surface area contributed by atoms with E-state index in [1.807, 2.05) is 6.07 Å². The number of rotatable bonds is 5. The molecule has 0 aliphatic heterocycles. The Morgan fingerprint density at radius 1 is 1.26 bits per heavy atom. The Hall–Kier alpha value is -2.34. The number of hydrogen-bond acceptors (Lipinski definition) is 5. The van der Waals surface area contributed by atoms with Gasteiger partial charge in [0.05, 0.1) is 11.3 Å². The fourth-order valence-electron chi connectivity index (χ4n) is 1.48. The SMILES string of the molecule is O=C(O)C(=O)CC(=O)c1cc(-c2cccnc2)cs1. The van der Waals surface area contributed by atoms with Crippen LogP contribution in [-0.2, 0) is 9.59 Å². The number of carbonyl (C=O) groups is 3. The second-order valence-corrected chi connectivity index (χ2v) is 4.68. The lowest BCUT2D eigenvalue weighted by molar-refractivity contribution is -0.148. The maximum Gasteiger partial charge on any atom is 0.372 e. The van der Waals surface area contributed by atoms with Crippen LogP contribution in [0.5, 0.6) is 0 Å². The van der Waals surface area contributed by atoms with Crippen LogP contribution in [0.15, 0.2) is 36.0 Å². The molecular weight excluding hydrogens is 266 g/mol. The van der Waals surface area contributed by atoms with Crippen LogP contribution in [0.25, 0.3) is 11.1 Å². The van der Waals surface area contributed by atoms with Crippen molar-refractivity contribution >= 4 is 28.9 Å². The van der Waals surface area contributed by atoms with Crippen LogP contribution in [0.2, 0.25) is 0 Å². The maximum atomic E-state index is 11.7. The van der Waals surface area contributed by atoms with Crippen molar-refractivity contribution in [1.82, 2.24) is 4.98 Å². The first-order valence-electron chi connectivity index (χ1n) is 5.36. The number of Topliss-reactive ketones (excluding diaryl/α,β-unsaturated/α-hetero) is 2. The fourth-order valence-corrected chi connectivity index (χ4v) is 2.33. The van der Waals surface area contributed by atoms with Gasteiger partial charge in [-0.2, -0.15) is 0 Å². The molecule has 1 N–H and O–H groups in total. The third-order valence-corrected chi connectivity index (χ3v) is 3.40. The summed E-state index contributed by atoms with van der Waals surface area (Å²) in [5.74, 6) is -3.16. The van der Waals surface area contributed by atoms with E-state index in [1.54, 1.807) is 29.9 Å². The summed E-state index contributed by atoms with van der Waals surface area (Å²) in [6.07, 6.45) is 2.70. The molecule has 96 valence electrons. The number of hydrogen-bond donors (Lipinski definition) is 1. The van der Waals surface area contributed by atoms with Crippen LogP contribution < -0.4 is 0 Å². The summed E-state index contributed by atoms with van der Waals surface area (Å²) in [5.41, 5.74) is 1.69. The predicted molar refractivity (Wildman–Crippen MR) is 69.1 cm³/mol. The van der Waals surface area contributed by atoms with Gasteiger partial charge in [-0.3, -0.25) is 14.6 Å². The van der Waals surface area contributed by atoms with E-state index in [2.05, 4.69) is 4.98 Å². The summed E-state index contributed by atoms with van der Waals surface area (Å²) >= 11 is 1.18. The second-order valence-electron chi connectivity index (χ2n) is 3.77. The Balaban J connectivity index is 2.16. The van der Waals surface area contributed by atoms with Crippen molar-refractivity contribution in [2.24, 2.45) is 0 Å². The summed E-state index contributed by atoms with van der Waals surface area (Å²) in [6.45, 7) is 0. The van der Waals surface area contributed by atoms with Crippen molar-refractivity contribution in [3.8, 4) is 11.1 Å². The van der Waals surface area contributed by atoms with E-state index in [4.69, 9.17) is 5.11 Å². The highest BCUT2D eigenvalue weighted by molar-refractivity contribution is 7.12. The number of aliphatic carboxylic acids is 1. The third-order valence-electron chi connectivity index (χ3n) is 2.43. The van der Waals surface area contributed by atoms with Crippen LogP contribution in [0, 0.1) is 0 Å². The first-order chi connectivity index (χ1) is 9.08. The van der Waals surface area contributed by atoms with E-state index >= 15 is 0 Å². The molecule has 0 aliphatic carbocycles. The molecule has 2 aromatic heterocycles. The Labute approximate surface area is 112 Å². The van der Waals surface area contributed by atoms with E-state index < -0.39 is 24.0 Å². The minimum atomic E-state index is -1.59. The third kappa shape index (κ3) is 3.11. The van der Waals surface area contributed by atoms with E-state index in [0.717, 1.165) is 11.1 Å². The number of carbonyl (C=O) groups excluding carboxylic acids is 2. The molecule has 0 aliphatic rings. The van der Waals surface area contributed by atoms with Crippen LogP contribution in [-0.4, -0.2) is 27.6 Å². The zero-order chi connectivity index (χ0) is 13.8. The molecular formula is C13H9NO4S. The van der Waals surface area contributed by atoms with Crippen LogP contribution >= 0.6 is 11.3 Å². The summed E-state index contributed by atoms with van der Waals surface area (Å²) in [5, 5.41) is 10.2. The number of carboxylic acids is 1. The quantitative estimate of drug-likeness (QED) is 0.513. The Kier molecular flexibility index (Phi) is 3.82. The van der Waals surface area contributed by atoms with Gasteiger partial charge in [0.25, 0.3) is 0 Å². The molecule has 0 bridgehead atoms. The maximum absolute atomic E-state index is 11.7. The van der Waals surface area contributed by atoms with E-state index in [-0.39, 0.29) is 0 Å². The van der Waals surface area contributed by atoms with Crippen LogP contribution in [0.1, 0.15) is 16.1 Å². The molecule has 0 radical (unpaired) electrons. The van der Waals surface area contributed by atoms with Crippen LogP contribution in [0.3, 0.4) is 0 Å². The monoisotopic (exact) mass is 275 g/mol. The molecule has 0 saturated carbocycles. The number of thiophene rings is 1. The van der Waals surface area contributed by atoms with Crippen molar-refractivity contribution in [1.29, 1.82) is 0 Å². The van der Waals surface area contributed by atoms with Crippen molar-refractivity contribution in [2.75, 3.05) is 0 Å². The molecule has 19 heavy (non-hydrogen) atoms. The zero-order valence-electron chi connectivity index (χ0n) is 9.70. The number of aromatic nitrogens is 1.